The maximum Gasteiger partial charge on any atom is 0.488 e. The van der Waals surface area contributed by atoms with Gasteiger partial charge in [-0.2, -0.15) is 0 Å². The van der Waals surface area contributed by atoms with E-state index in [1.165, 1.54) is 39.5 Å². The quantitative estimate of drug-likeness (QED) is 0.0285. The minimum absolute atomic E-state index is 0.100. The van der Waals surface area contributed by atoms with Crippen LogP contribution in [0.15, 0.2) is 160 Å². The van der Waals surface area contributed by atoms with E-state index in [9.17, 15) is 58.5 Å². The first-order valence-corrected chi connectivity index (χ1v) is 28.5. The standard InChI is InChI=1S/C23H23NO7.C19H15NO7.C16H16BrNO6.C7H9BO3/c1-23(2,3)31-17(25)12-24-21(27)18-19(26)16-10-6-9-15(20(16)30-22(18)28)13-7-5-8-14(11-13)29-4;1-26-11-5-2-4-10(8-11)12-6-3-7-13-16(23)15(19(25)27-17(12)13)18(24)20-9-14(21)22;1-16(2,3)24-10(19)7-18-14(21)11-12(20)8-5-4-6-9(17)13(8)23-15(11)22;1-11-7-4-2-3-6(5-7)8(9)10/h5-11,26H,12H2,1-4H3,(H,24,27);2-8,23H,9H2,1H3,(H,20,24)(H,21,22);4-6,20H,7H2,1-3H3,(H,18,21);2-5,9-10H,1H3. The second kappa shape index (κ2) is 31.2. The monoisotopic (exact) mass is 1340 g/mol. The van der Waals surface area contributed by atoms with Gasteiger partial charge in [0.25, 0.3) is 17.7 Å². The number of amides is 3. The molecule has 3 amide bonds. The third-order valence-corrected chi connectivity index (χ3v) is 13.2. The van der Waals surface area contributed by atoms with E-state index in [1.54, 1.807) is 151 Å². The van der Waals surface area contributed by atoms with Crippen LogP contribution in [0.3, 0.4) is 0 Å². The Bertz CT molecular complexity index is 4470. The van der Waals surface area contributed by atoms with Crippen LogP contribution < -0.4 is 52.5 Å². The number of carboxylic acids is 1. The molecule has 28 heteroatoms. The van der Waals surface area contributed by atoms with Gasteiger partial charge in [0, 0.05) is 11.1 Å². The van der Waals surface area contributed by atoms with E-state index in [-0.39, 0.29) is 32.9 Å². The van der Waals surface area contributed by atoms with Gasteiger partial charge in [-0.25, -0.2) is 14.4 Å². The van der Waals surface area contributed by atoms with Crippen LogP contribution in [0, 0.1) is 0 Å². The molecule has 0 saturated heterocycles. The molecule has 0 aliphatic carbocycles. The van der Waals surface area contributed by atoms with Crippen LogP contribution in [0.4, 0.5) is 0 Å². The summed E-state index contributed by atoms with van der Waals surface area (Å²) in [6.07, 6.45) is 0. The fourth-order valence-electron chi connectivity index (χ4n) is 8.51. The van der Waals surface area contributed by atoms with Crippen LogP contribution in [0.25, 0.3) is 55.2 Å². The van der Waals surface area contributed by atoms with Crippen LogP contribution in [0.5, 0.6) is 34.5 Å². The number of carbonyl (C=O) groups is 6. The van der Waals surface area contributed by atoms with Gasteiger partial charge < -0.3 is 83.4 Å². The number of hydrogen-bond acceptors (Lipinski definition) is 22. The molecule has 0 fully saturated rings. The molecule has 0 radical (unpaired) electrons. The molecule has 0 saturated carbocycles. The van der Waals surface area contributed by atoms with Gasteiger partial charge in [-0.3, -0.25) is 28.8 Å². The first-order valence-electron chi connectivity index (χ1n) is 27.7. The van der Waals surface area contributed by atoms with Gasteiger partial charge >= 0.3 is 41.9 Å². The highest BCUT2D eigenvalue weighted by Gasteiger charge is 2.27. The van der Waals surface area contributed by atoms with Gasteiger partial charge in [-0.1, -0.05) is 66.7 Å². The lowest BCUT2D eigenvalue weighted by Crippen LogP contribution is -2.36. The zero-order chi connectivity index (χ0) is 68.6. The van der Waals surface area contributed by atoms with Crippen LogP contribution in [-0.4, -0.2) is 125 Å². The van der Waals surface area contributed by atoms with E-state index in [1.807, 2.05) is 5.32 Å². The lowest BCUT2D eigenvalue weighted by Gasteiger charge is -2.19. The number of carboxylic acid groups (broad SMARTS) is 1. The number of nitrogens with one attached hydrogen (secondary N) is 3. The Balaban J connectivity index is 0.000000206. The van der Waals surface area contributed by atoms with Gasteiger partial charge in [-0.05, 0) is 135 Å². The molecule has 0 bridgehead atoms. The molecular weight excluding hydrogens is 1280 g/mol. The SMILES string of the molecule is CC(C)(C)OC(=O)CNC(=O)c1c(O)c2cccc(Br)c2oc1=O.COc1cccc(-c2cccc3c(O)c(C(=O)NCC(=O)O)c(=O)oc23)c1.COc1cccc(-c2cccc3c(O)c(C(=O)NCC(=O)OC(C)(C)C)c(=O)oc23)c1.COc1cccc(B(O)O)c1. The Kier molecular flexibility index (Phi) is 23.8. The topological polar surface area (TPSA) is 397 Å². The summed E-state index contributed by atoms with van der Waals surface area (Å²) < 4.78 is 41.7. The highest BCUT2D eigenvalue weighted by molar-refractivity contribution is 9.10. The van der Waals surface area contributed by atoms with Crippen molar-refractivity contribution in [2.75, 3.05) is 41.0 Å². The number of benzene rings is 6. The van der Waals surface area contributed by atoms with Crippen LogP contribution in [0.1, 0.15) is 72.6 Å². The number of halogens is 1. The number of carbonyl (C=O) groups excluding carboxylic acids is 5. The minimum Gasteiger partial charge on any atom is -0.506 e. The summed E-state index contributed by atoms with van der Waals surface area (Å²) >= 11 is 3.20. The predicted octanol–water partition coefficient (Wildman–Crippen LogP) is 6.94. The van der Waals surface area contributed by atoms with Crippen molar-refractivity contribution in [3.8, 4) is 56.8 Å². The second-order valence-electron chi connectivity index (χ2n) is 21.5. The summed E-state index contributed by atoms with van der Waals surface area (Å²) in [4.78, 5) is 108. The number of hydrogen-bond donors (Lipinski definition) is 9. The Morgan fingerprint density at radius 3 is 1.17 bits per heavy atom. The van der Waals surface area contributed by atoms with Crippen molar-refractivity contribution in [3.05, 3.63) is 180 Å². The molecule has 0 unspecified atom stereocenters. The van der Waals surface area contributed by atoms with Crippen molar-refractivity contribution in [1.29, 1.82) is 0 Å². The summed E-state index contributed by atoms with van der Waals surface area (Å²) in [6, 6.07) is 35.3. The Morgan fingerprint density at radius 2 is 0.806 bits per heavy atom. The smallest absolute Gasteiger partial charge is 0.488 e. The number of methoxy groups -OCH3 is 3. The first kappa shape index (κ1) is 71.1. The summed E-state index contributed by atoms with van der Waals surface area (Å²) in [6.45, 7) is 8.54. The normalized spacial score (nSPS) is 10.8. The average molecular weight is 1340 g/mol. The number of fused-ring (bicyclic) bond motifs is 3. The van der Waals surface area contributed by atoms with Gasteiger partial charge in [-0.15, -0.1) is 0 Å². The van der Waals surface area contributed by atoms with Gasteiger partial charge in [0.05, 0.1) is 42.0 Å². The molecule has 9 aromatic rings. The molecule has 93 heavy (non-hydrogen) atoms. The number of esters is 2. The highest BCUT2D eigenvalue weighted by atomic mass is 79.9. The van der Waals surface area contributed by atoms with E-state index in [2.05, 4.69) is 26.6 Å². The lowest BCUT2D eigenvalue weighted by atomic mass is 9.80. The largest absolute Gasteiger partial charge is 0.506 e. The van der Waals surface area contributed by atoms with Crippen molar-refractivity contribution >= 4 is 97.0 Å². The van der Waals surface area contributed by atoms with E-state index < -0.39 is 124 Å². The predicted molar refractivity (Wildman–Crippen MR) is 343 cm³/mol. The minimum atomic E-state index is -1.43. The van der Waals surface area contributed by atoms with Crippen LogP contribution in [-0.2, 0) is 23.9 Å². The fourth-order valence-corrected chi connectivity index (χ4v) is 8.96. The highest BCUT2D eigenvalue weighted by Crippen LogP contribution is 2.37. The molecule has 9 N–H and O–H groups in total. The maximum atomic E-state index is 12.5. The number of aromatic hydroxyl groups is 3. The number of aliphatic carboxylic acids is 1. The summed E-state index contributed by atoms with van der Waals surface area (Å²) in [5, 5.41) is 64.5. The average Bonchev–Trinajstić information content (AvgIpc) is 0.808. The lowest BCUT2D eigenvalue weighted by molar-refractivity contribution is -0.154. The molecular formula is C65H63BBrN3O23. The molecule has 3 heterocycles. The molecule has 486 valence electrons. The first-order chi connectivity index (χ1) is 43.9. The van der Waals surface area contributed by atoms with E-state index in [0.29, 0.717) is 49.4 Å². The number of para-hydroxylation sites is 3. The molecule has 3 aromatic heterocycles. The van der Waals surface area contributed by atoms with Crippen molar-refractivity contribution in [1.82, 2.24) is 16.0 Å². The number of rotatable bonds is 15. The Labute approximate surface area is 537 Å². The van der Waals surface area contributed by atoms with Crippen molar-refractivity contribution in [3.63, 3.8) is 0 Å². The van der Waals surface area contributed by atoms with Crippen molar-refractivity contribution in [2.45, 2.75) is 52.7 Å². The zero-order valence-electron chi connectivity index (χ0n) is 51.3. The van der Waals surface area contributed by atoms with E-state index in [0.717, 1.165) is 0 Å². The molecule has 0 spiro atoms. The van der Waals surface area contributed by atoms with Crippen LogP contribution >= 0.6 is 15.9 Å². The molecule has 0 atom stereocenters. The van der Waals surface area contributed by atoms with Gasteiger partial charge in [0.2, 0.25) is 0 Å². The summed E-state index contributed by atoms with van der Waals surface area (Å²) in [5.74, 6) is -5.30. The van der Waals surface area contributed by atoms with Crippen molar-refractivity contribution < 1.29 is 96.2 Å². The summed E-state index contributed by atoms with van der Waals surface area (Å²) in [5.41, 5.74) is -3.07. The molecule has 26 nitrogen and oxygen atoms in total. The third-order valence-electron chi connectivity index (χ3n) is 12.5. The zero-order valence-corrected chi connectivity index (χ0v) is 52.9. The second-order valence-corrected chi connectivity index (χ2v) is 22.4. The Morgan fingerprint density at radius 1 is 0.473 bits per heavy atom. The third kappa shape index (κ3) is 18.8. The maximum absolute atomic E-state index is 12.5. The fraction of sp³-hybridized carbons (Fsp3) is 0.215. The summed E-state index contributed by atoms with van der Waals surface area (Å²) in [7, 11) is 3.17. The van der Waals surface area contributed by atoms with Crippen molar-refractivity contribution in [2.24, 2.45) is 0 Å². The van der Waals surface area contributed by atoms with Gasteiger partial charge in [0.15, 0.2) is 22.3 Å². The molecule has 9 rings (SSSR count). The van der Waals surface area contributed by atoms with E-state index in [4.69, 9.17) is 52.1 Å². The molecule has 0 aliphatic rings. The Hall–Kier alpha value is -11.0. The van der Waals surface area contributed by atoms with Crippen LogP contribution in [0.2, 0.25) is 0 Å². The van der Waals surface area contributed by atoms with Gasteiger partial charge in [0.1, 0.15) is 76.5 Å². The van der Waals surface area contributed by atoms with E-state index >= 15 is 0 Å². The molecule has 6 aromatic carbocycles. The molecule has 0 aliphatic heterocycles. The number of ether oxygens (including phenoxy) is 5.